The molecule has 1 saturated carbocycles. The van der Waals surface area contributed by atoms with Crippen LogP contribution >= 0.6 is 0 Å². The quantitative estimate of drug-likeness (QED) is 0.381. The van der Waals surface area contributed by atoms with Gasteiger partial charge in [-0.25, -0.2) is 0 Å². The maximum Gasteiger partial charge on any atom is 0.242 e. The first-order valence-corrected chi connectivity index (χ1v) is 13.1. The molecule has 1 aliphatic rings. The number of carbonyl (C=O) groups is 2. The summed E-state index contributed by atoms with van der Waals surface area (Å²) in [5.41, 5.74) is 2.77. The summed E-state index contributed by atoms with van der Waals surface area (Å²) in [7, 11) is 0. The summed E-state index contributed by atoms with van der Waals surface area (Å²) in [6.45, 7) is 5.10. The van der Waals surface area contributed by atoms with Crippen molar-refractivity contribution < 1.29 is 14.0 Å². The molecule has 2 aromatic carbocycles. The number of fused-ring (bicyclic) bond motifs is 1. The minimum atomic E-state index is -0.162. The van der Waals surface area contributed by atoms with Gasteiger partial charge in [-0.1, -0.05) is 68.1 Å². The van der Waals surface area contributed by atoms with Gasteiger partial charge in [-0.05, 0) is 43.9 Å². The van der Waals surface area contributed by atoms with Crippen LogP contribution < -0.4 is 5.43 Å². The Kier molecular flexibility index (Phi) is 8.57. The third-order valence-electron chi connectivity index (χ3n) is 7.05. The number of benzene rings is 2. The van der Waals surface area contributed by atoms with Crippen LogP contribution in [0.4, 0.5) is 0 Å². The lowest BCUT2D eigenvalue weighted by molar-refractivity contribution is -0.143. The number of hydrogen-bond acceptors (Lipinski definition) is 4. The minimum Gasteiger partial charge on any atom is -0.464 e. The molecule has 6 nitrogen and oxygen atoms in total. The van der Waals surface area contributed by atoms with Crippen molar-refractivity contribution in [2.45, 2.75) is 65.5 Å². The van der Waals surface area contributed by atoms with Gasteiger partial charge in [0, 0.05) is 19.0 Å². The van der Waals surface area contributed by atoms with Crippen molar-refractivity contribution in [3.05, 3.63) is 81.7 Å². The van der Waals surface area contributed by atoms with Crippen LogP contribution in [0.1, 0.15) is 62.1 Å². The first kappa shape index (κ1) is 25.7. The Morgan fingerprint density at radius 3 is 2.47 bits per heavy atom. The average molecular weight is 489 g/mol. The van der Waals surface area contributed by atoms with Crippen LogP contribution in [0.15, 0.2) is 64.0 Å². The third kappa shape index (κ3) is 6.23. The summed E-state index contributed by atoms with van der Waals surface area (Å²) >= 11 is 0. The van der Waals surface area contributed by atoms with E-state index in [9.17, 15) is 14.4 Å². The second kappa shape index (κ2) is 12.0. The number of hydrogen-bond donors (Lipinski definition) is 0. The Morgan fingerprint density at radius 1 is 1.00 bits per heavy atom. The van der Waals surface area contributed by atoms with Gasteiger partial charge in [-0.2, -0.15) is 0 Å². The summed E-state index contributed by atoms with van der Waals surface area (Å²) < 4.78 is 5.75. The molecule has 36 heavy (non-hydrogen) atoms. The number of aryl methyl sites for hydroxylation is 1. The van der Waals surface area contributed by atoms with Crippen molar-refractivity contribution in [2.24, 2.45) is 5.92 Å². The van der Waals surface area contributed by atoms with Crippen LogP contribution in [0.3, 0.4) is 0 Å². The highest BCUT2D eigenvalue weighted by molar-refractivity contribution is 5.86. The van der Waals surface area contributed by atoms with Crippen LogP contribution in [0.2, 0.25) is 0 Å². The summed E-state index contributed by atoms with van der Waals surface area (Å²) in [5, 5.41) is 0.514. The topological polar surface area (TPSA) is 70.8 Å². The highest BCUT2D eigenvalue weighted by atomic mass is 16.3. The van der Waals surface area contributed by atoms with Crippen molar-refractivity contribution in [1.29, 1.82) is 0 Å². The van der Waals surface area contributed by atoms with E-state index in [1.807, 2.05) is 49.4 Å². The van der Waals surface area contributed by atoms with Gasteiger partial charge in [0.25, 0.3) is 0 Å². The zero-order valence-electron chi connectivity index (χ0n) is 21.4. The van der Waals surface area contributed by atoms with E-state index in [1.54, 1.807) is 15.9 Å². The molecule has 6 heteroatoms. The van der Waals surface area contributed by atoms with Gasteiger partial charge in [-0.3, -0.25) is 14.4 Å². The number of nitrogens with zero attached hydrogens (tertiary/aromatic N) is 2. The van der Waals surface area contributed by atoms with Gasteiger partial charge in [0.15, 0.2) is 5.43 Å². The molecule has 0 spiro atoms. The number of rotatable bonds is 10. The van der Waals surface area contributed by atoms with E-state index in [0.717, 1.165) is 49.7 Å². The van der Waals surface area contributed by atoms with Crippen molar-refractivity contribution in [3.8, 4) is 0 Å². The van der Waals surface area contributed by atoms with Gasteiger partial charge in [0.2, 0.25) is 11.8 Å². The summed E-state index contributed by atoms with van der Waals surface area (Å²) in [4.78, 5) is 43.6. The molecule has 0 N–H and O–H groups in total. The fourth-order valence-corrected chi connectivity index (χ4v) is 4.95. The largest absolute Gasteiger partial charge is 0.464 e. The van der Waals surface area contributed by atoms with Crippen molar-refractivity contribution in [1.82, 2.24) is 9.80 Å². The summed E-state index contributed by atoms with van der Waals surface area (Å²) in [6, 6.07) is 15.2. The molecule has 0 unspecified atom stereocenters. The summed E-state index contributed by atoms with van der Waals surface area (Å²) in [5.74, 6) is -0.0484. The van der Waals surface area contributed by atoms with Gasteiger partial charge >= 0.3 is 0 Å². The number of unbranched alkanes of at least 4 members (excludes halogenated alkanes) is 1. The fraction of sp³-hybridized carbons (Fsp3) is 0.433. The van der Waals surface area contributed by atoms with E-state index < -0.39 is 0 Å². The van der Waals surface area contributed by atoms with Crippen molar-refractivity contribution in [2.75, 3.05) is 13.1 Å². The van der Waals surface area contributed by atoms with Crippen LogP contribution in [-0.2, 0) is 22.7 Å². The molecule has 3 aromatic rings. The van der Waals surface area contributed by atoms with E-state index in [-0.39, 0.29) is 36.3 Å². The smallest absolute Gasteiger partial charge is 0.242 e. The fourth-order valence-electron chi connectivity index (χ4n) is 4.95. The van der Waals surface area contributed by atoms with E-state index in [1.165, 1.54) is 6.26 Å². The molecule has 0 aliphatic heterocycles. The highest BCUT2D eigenvalue weighted by Crippen LogP contribution is 2.27. The Hall–Kier alpha value is -3.41. The van der Waals surface area contributed by atoms with Crippen molar-refractivity contribution >= 4 is 22.8 Å². The minimum absolute atomic E-state index is 0.0213. The van der Waals surface area contributed by atoms with Gasteiger partial charge < -0.3 is 14.2 Å². The van der Waals surface area contributed by atoms with E-state index in [4.69, 9.17) is 4.42 Å². The van der Waals surface area contributed by atoms with Crippen LogP contribution in [0.25, 0.3) is 11.0 Å². The molecule has 4 rings (SSSR count). The van der Waals surface area contributed by atoms with Crippen LogP contribution in [0, 0.1) is 12.8 Å². The Morgan fingerprint density at radius 2 is 1.75 bits per heavy atom. The molecule has 0 bridgehead atoms. The first-order valence-electron chi connectivity index (χ1n) is 13.1. The predicted molar refractivity (Wildman–Crippen MR) is 141 cm³/mol. The maximum absolute atomic E-state index is 13.7. The molecule has 1 aromatic heterocycles. The molecule has 0 atom stereocenters. The van der Waals surface area contributed by atoms with Crippen LogP contribution in [-0.4, -0.2) is 34.7 Å². The standard InChI is InChI=1S/C30H36N2O4/c1-3-4-16-31(30(35)24-12-8-9-13-24)20-28(33)32(18-23-10-6-5-7-11-23)19-25-21-36-27-15-14-22(2)17-26(27)29(25)34/h5-7,10-11,14-15,17,21,24H,3-4,8-9,12-13,16,18-20H2,1-2H3. The molecule has 1 heterocycles. The van der Waals surface area contributed by atoms with E-state index >= 15 is 0 Å². The van der Waals surface area contributed by atoms with Crippen LogP contribution in [0.5, 0.6) is 0 Å². The van der Waals surface area contributed by atoms with Gasteiger partial charge in [0.05, 0.1) is 30.3 Å². The maximum atomic E-state index is 13.7. The normalized spacial score (nSPS) is 13.7. The Labute approximate surface area is 212 Å². The zero-order valence-corrected chi connectivity index (χ0v) is 21.4. The number of carbonyl (C=O) groups excluding carboxylic acids is 2. The van der Waals surface area contributed by atoms with E-state index in [0.29, 0.717) is 29.6 Å². The monoisotopic (exact) mass is 488 g/mol. The zero-order chi connectivity index (χ0) is 25.5. The third-order valence-corrected chi connectivity index (χ3v) is 7.05. The Balaban J connectivity index is 1.60. The highest BCUT2D eigenvalue weighted by Gasteiger charge is 2.29. The van der Waals surface area contributed by atoms with Gasteiger partial charge in [0.1, 0.15) is 5.58 Å². The lowest BCUT2D eigenvalue weighted by atomic mass is 10.1. The Bertz CT molecular complexity index is 1240. The molecule has 0 radical (unpaired) electrons. The van der Waals surface area contributed by atoms with E-state index in [2.05, 4.69) is 6.92 Å². The summed E-state index contributed by atoms with van der Waals surface area (Å²) in [6.07, 6.45) is 7.23. The second-order valence-electron chi connectivity index (χ2n) is 9.92. The SMILES string of the molecule is CCCCN(CC(=O)N(Cc1ccccc1)Cc1coc2ccc(C)cc2c1=O)C(=O)C1CCCC1. The lowest BCUT2D eigenvalue weighted by Crippen LogP contribution is -2.45. The molecule has 0 saturated heterocycles. The molecule has 1 fully saturated rings. The first-order chi connectivity index (χ1) is 17.5. The average Bonchev–Trinajstić information content (AvgIpc) is 3.43. The van der Waals surface area contributed by atoms with Gasteiger partial charge in [-0.15, -0.1) is 0 Å². The second-order valence-corrected chi connectivity index (χ2v) is 9.92. The number of amides is 2. The molecule has 1 aliphatic carbocycles. The van der Waals surface area contributed by atoms with Crippen molar-refractivity contribution in [3.63, 3.8) is 0 Å². The molecule has 2 amide bonds. The predicted octanol–water partition coefficient (Wildman–Crippen LogP) is 5.45. The molecular formula is C30H36N2O4. The lowest BCUT2D eigenvalue weighted by Gasteiger charge is -2.29. The molecular weight excluding hydrogens is 452 g/mol. The molecule has 190 valence electrons.